The zero-order valence-corrected chi connectivity index (χ0v) is 21.1. The zero-order valence-electron chi connectivity index (χ0n) is 21.1. The van der Waals surface area contributed by atoms with Gasteiger partial charge in [0.2, 0.25) is 0 Å². The minimum Gasteiger partial charge on any atom is -0.490 e. The van der Waals surface area contributed by atoms with Crippen molar-refractivity contribution in [3.8, 4) is 5.75 Å². The molecule has 0 aromatic heterocycles. The van der Waals surface area contributed by atoms with E-state index in [1.807, 2.05) is 0 Å². The average Bonchev–Trinajstić information content (AvgIpc) is 3.26. The fourth-order valence-corrected chi connectivity index (χ4v) is 5.67. The van der Waals surface area contributed by atoms with Gasteiger partial charge in [0.15, 0.2) is 0 Å². The van der Waals surface area contributed by atoms with E-state index in [4.69, 9.17) is 9.47 Å². The van der Waals surface area contributed by atoms with Gasteiger partial charge in [0.1, 0.15) is 5.75 Å². The Hall–Kier alpha value is -2.29. The second-order valence-corrected chi connectivity index (χ2v) is 11.3. The first-order valence-corrected chi connectivity index (χ1v) is 12.7. The van der Waals surface area contributed by atoms with Crippen LogP contribution in [-0.4, -0.2) is 19.2 Å². The molecule has 1 atom stereocenters. The number of benzene rings is 2. The summed E-state index contributed by atoms with van der Waals surface area (Å²) in [5.41, 5.74) is 4.41. The lowest BCUT2D eigenvalue weighted by atomic mass is 9.72. The zero-order chi connectivity index (χ0) is 23.6. The molecule has 0 bridgehead atoms. The summed E-state index contributed by atoms with van der Waals surface area (Å²) in [5, 5.41) is 2.56. The van der Waals surface area contributed by atoms with Crippen LogP contribution in [0.25, 0.3) is 10.8 Å². The van der Waals surface area contributed by atoms with Crippen LogP contribution in [0.2, 0.25) is 0 Å². The Morgan fingerprint density at radius 1 is 1.03 bits per heavy atom. The van der Waals surface area contributed by atoms with Gasteiger partial charge in [0.25, 0.3) is 0 Å². The molecule has 0 saturated heterocycles. The first-order valence-electron chi connectivity index (χ1n) is 12.7. The van der Waals surface area contributed by atoms with Crippen molar-refractivity contribution < 1.29 is 14.3 Å². The second-order valence-electron chi connectivity index (χ2n) is 11.3. The number of carbonyl (C=O) groups excluding carboxylic acids is 1. The lowest BCUT2D eigenvalue weighted by Gasteiger charge is -2.37. The van der Waals surface area contributed by atoms with Crippen LogP contribution in [0.15, 0.2) is 42.0 Å². The molecule has 2 aliphatic carbocycles. The monoisotopic (exact) mass is 448 g/mol. The van der Waals surface area contributed by atoms with Crippen LogP contribution in [0.5, 0.6) is 5.75 Å². The average molecular weight is 449 g/mol. The molecule has 2 aromatic carbocycles. The molecule has 2 aromatic rings. The maximum Gasteiger partial charge on any atom is 0.309 e. The Balaban J connectivity index is 1.36. The van der Waals surface area contributed by atoms with Crippen molar-refractivity contribution >= 4 is 16.7 Å². The Kier molecular flexibility index (Phi) is 7.16. The third-order valence-corrected chi connectivity index (χ3v) is 7.87. The Bertz CT molecular complexity index is 1020. The van der Waals surface area contributed by atoms with Gasteiger partial charge in [-0.05, 0) is 104 Å². The number of hydrogen-bond donors (Lipinski definition) is 0. The van der Waals surface area contributed by atoms with Crippen LogP contribution in [0.1, 0.15) is 76.8 Å². The van der Waals surface area contributed by atoms with E-state index in [-0.39, 0.29) is 11.9 Å². The number of aryl methyl sites for hydroxylation is 2. The van der Waals surface area contributed by atoms with E-state index in [0.29, 0.717) is 11.5 Å². The summed E-state index contributed by atoms with van der Waals surface area (Å²) < 4.78 is 11.3. The van der Waals surface area contributed by atoms with Gasteiger partial charge in [-0.25, -0.2) is 0 Å². The number of allylic oxidation sites excluding steroid dienone is 2. The molecule has 1 unspecified atom stereocenters. The van der Waals surface area contributed by atoms with E-state index < -0.39 is 0 Å². The van der Waals surface area contributed by atoms with Crippen molar-refractivity contribution in [1.29, 1.82) is 0 Å². The summed E-state index contributed by atoms with van der Waals surface area (Å²) in [4.78, 5) is 11.8. The molecule has 3 nitrogen and oxygen atoms in total. The predicted molar refractivity (Wildman–Crippen MR) is 136 cm³/mol. The van der Waals surface area contributed by atoms with Crippen LogP contribution in [0.3, 0.4) is 0 Å². The summed E-state index contributed by atoms with van der Waals surface area (Å²) in [7, 11) is 1.48. The molecule has 1 fully saturated rings. The molecular weight excluding hydrogens is 408 g/mol. The van der Waals surface area contributed by atoms with Gasteiger partial charge < -0.3 is 9.47 Å². The number of fused-ring (bicyclic) bond motifs is 1. The van der Waals surface area contributed by atoms with Gasteiger partial charge in [-0.15, -0.1) is 0 Å². The Morgan fingerprint density at radius 3 is 2.48 bits per heavy atom. The van der Waals surface area contributed by atoms with Gasteiger partial charge in [0.05, 0.1) is 19.1 Å². The quantitative estimate of drug-likeness (QED) is 0.337. The van der Waals surface area contributed by atoms with Crippen LogP contribution in [0, 0.1) is 24.2 Å². The number of carbonyl (C=O) groups is 1. The third-order valence-electron chi connectivity index (χ3n) is 7.87. The van der Waals surface area contributed by atoms with Gasteiger partial charge in [0, 0.05) is 0 Å². The van der Waals surface area contributed by atoms with Gasteiger partial charge in [-0.1, -0.05) is 50.6 Å². The molecule has 0 heterocycles. The molecule has 1 saturated carbocycles. The third kappa shape index (κ3) is 5.80. The van der Waals surface area contributed by atoms with E-state index in [0.717, 1.165) is 50.2 Å². The van der Waals surface area contributed by atoms with Crippen LogP contribution < -0.4 is 4.74 Å². The van der Waals surface area contributed by atoms with Crippen molar-refractivity contribution in [3.63, 3.8) is 0 Å². The Morgan fingerprint density at radius 2 is 1.79 bits per heavy atom. The molecule has 2 aliphatic rings. The molecule has 0 amide bonds. The topological polar surface area (TPSA) is 35.5 Å². The number of rotatable bonds is 6. The highest BCUT2D eigenvalue weighted by Gasteiger charge is 2.30. The molecule has 178 valence electrons. The lowest BCUT2D eigenvalue weighted by molar-refractivity contribution is -0.145. The maximum absolute atomic E-state index is 11.8. The largest absolute Gasteiger partial charge is 0.490 e. The normalized spacial score (nSPS) is 23.4. The number of methoxy groups -OCH3 is 1. The summed E-state index contributed by atoms with van der Waals surface area (Å²) in [6.45, 7) is 9.28. The van der Waals surface area contributed by atoms with Crippen molar-refractivity contribution in [1.82, 2.24) is 0 Å². The lowest BCUT2D eigenvalue weighted by Crippen LogP contribution is -2.30. The summed E-state index contributed by atoms with van der Waals surface area (Å²) >= 11 is 0. The highest BCUT2D eigenvalue weighted by atomic mass is 16.5. The maximum atomic E-state index is 11.8. The van der Waals surface area contributed by atoms with E-state index in [1.54, 1.807) is 0 Å². The predicted octanol–water partition coefficient (Wildman–Crippen LogP) is 7.57. The molecule has 0 N–H and O–H groups in total. The molecule has 0 radical (unpaired) electrons. The van der Waals surface area contributed by atoms with Crippen molar-refractivity contribution in [3.05, 3.63) is 53.1 Å². The minimum absolute atomic E-state index is 0.0192. The standard InChI is InChI=1S/C30H40O3/c1-20-16-27(33-26-14-12-25(13-15-26)30(2,3)4)19-23-10-8-22(18-28(20)23)7-6-21-9-11-24(17-21)29(31)32-5/h8-10,16,18-19,24-26H,6-7,11-15,17H2,1-5H3. The second kappa shape index (κ2) is 9.91. The van der Waals surface area contributed by atoms with Gasteiger partial charge in [-0.3, -0.25) is 4.79 Å². The van der Waals surface area contributed by atoms with Gasteiger partial charge in [-0.2, -0.15) is 0 Å². The molecule has 0 aliphatic heterocycles. The van der Waals surface area contributed by atoms with Crippen molar-refractivity contribution in [2.45, 2.75) is 85.2 Å². The summed E-state index contributed by atoms with van der Waals surface area (Å²) in [6.07, 6.45) is 11.1. The van der Waals surface area contributed by atoms with Gasteiger partial charge >= 0.3 is 5.97 Å². The minimum atomic E-state index is -0.0807. The number of hydrogen-bond acceptors (Lipinski definition) is 3. The van der Waals surface area contributed by atoms with Crippen LogP contribution >= 0.6 is 0 Å². The fourth-order valence-electron chi connectivity index (χ4n) is 5.67. The van der Waals surface area contributed by atoms with E-state index in [9.17, 15) is 4.79 Å². The van der Waals surface area contributed by atoms with Crippen LogP contribution in [-0.2, 0) is 16.0 Å². The molecule has 3 heteroatoms. The molecule has 4 rings (SSSR count). The Labute approximate surface area is 199 Å². The highest BCUT2D eigenvalue weighted by Crippen LogP contribution is 2.39. The molecule has 0 spiro atoms. The van der Waals surface area contributed by atoms with Crippen LogP contribution in [0.4, 0.5) is 0 Å². The van der Waals surface area contributed by atoms with E-state index in [1.165, 1.54) is 47.4 Å². The first-order chi connectivity index (χ1) is 15.7. The highest BCUT2D eigenvalue weighted by molar-refractivity contribution is 5.87. The summed E-state index contributed by atoms with van der Waals surface area (Å²) in [5.74, 6) is 1.76. The molecular formula is C30H40O3. The van der Waals surface area contributed by atoms with Crippen molar-refractivity contribution in [2.24, 2.45) is 17.3 Å². The van der Waals surface area contributed by atoms with Crippen molar-refractivity contribution in [2.75, 3.05) is 7.11 Å². The molecule has 33 heavy (non-hydrogen) atoms. The summed E-state index contributed by atoms with van der Waals surface area (Å²) in [6, 6.07) is 11.2. The smallest absolute Gasteiger partial charge is 0.309 e. The number of ether oxygens (including phenoxy) is 2. The van der Waals surface area contributed by atoms with E-state index in [2.05, 4.69) is 64.1 Å². The first kappa shape index (κ1) is 23.9. The number of esters is 1. The SMILES string of the molecule is COC(=O)C1CC=C(CCc2ccc3cc(OC4CCC(C(C)(C)C)CC4)cc(C)c3c2)C1. The van der Waals surface area contributed by atoms with E-state index >= 15 is 0 Å². The fraction of sp³-hybridized carbons (Fsp3) is 0.567.